The molecule has 0 aromatic carbocycles. The summed E-state index contributed by atoms with van der Waals surface area (Å²) in [7, 11) is 1.66. The normalized spacial score (nSPS) is 10.5. The summed E-state index contributed by atoms with van der Waals surface area (Å²) in [5.74, 6) is -0.863. The van der Waals surface area contributed by atoms with Crippen molar-refractivity contribution in [1.82, 2.24) is 9.88 Å². The molecule has 2 aromatic rings. The fourth-order valence-electron chi connectivity index (χ4n) is 1.85. The Hall–Kier alpha value is -1.47. The highest BCUT2D eigenvalue weighted by Gasteiger charge is 2.19. The van der Waals surface area contributed by atoms with Crippen LogP contribution in [-0.2, 0) is 6.54 Å². The number of aromatic nitrogens is 1. The van der Waals surface area contributed by atoms with Crippen molar-refractivity contribution in [1.29, 1.82) is 0 Å². The minimum absolute atomic E-state index is 0.0269. The number of pyridine rings is 1. The Morgan fingerprint density at radius 1 is 1.57 bits per heavy atom. The second-order valence-corrected chi connectivity index (χ2v) is 6.36. The first-order valence-corrected chi connectivity index (χ1v) is 8.07. The summed E-state index contributed by atoms with van der Waals surface area (Å²) < 4.78 is 15.2. The third kappa shape index (κ3) is 3.79. The zero-order valence-electron chi connectivity index (χ0n) is 11.7. The Kier molecular flexibility index (Phi) is 5.30. The molecule has 0 unspecified atom stereocenters. The Morgan fingerprint density at radius 3 is 2.95 bits per heavy atom. The molecule has 2 rings (SSSR count). The van der Waals surface area contributed by atoms with Crippen molar-refractivity contribution < 1.29 is 9.18 Å². The molecule has 2 aromatic heterocycles. The van der Waals surface area contributed by atoms with Crippen molar-refractivity contribution in [2.45, 2.75) is 13.5 Å². The number of hydrogen-bond acceptors (Lipinski definition) is 4. The topological polar surface area (TPSA) is 45.2 Å². The van der Waals surface area contributed by atoms with Crippen molar-refractivity contribution in [3.8, 4) is 0 Å². The van der Waals surface area contributed by atoms with Gasteiger partial charge in [0.05, 0.1) is 12.1 Å². The lowest BCUT2D eigenvalue weighted by Crippen LogP contribution is -2.27. The molecule has 0 aliphatic heterocycles. The summed E-state index contributed by atoms with van der Waals surface area (Å²) in [4.78, 5) is 18.8. The van der Waals surface area contributed by atoms with Gasteiger partial charge in [-0.05, 0) is 35.0 Å². The van der Waals surface area contributed by atoms with Crippen molar-refractivity contribution >= 4 is 39.0 Å². The number of amides is 1. The van der Waals surface area contributed by atoms with Gasteiger partial charge in [-0.3, -0.25) is 4.79 Å². The second-order valence-electron chi connectivity index (χ2n) is 4.44. The van der Waals surface area contributed by atoms with Gasteiger partial charge in [0.1, 0.15) is 0 Å². The molecule has 0 saturated carbocycles. The summed E-state index contributed by atoms with van der Waals surface area (Å²) in [5, 5.41) is 4.75. The highest BCUT2D eigenvalue weighted by atomic mass is 79.9. The first kappa shape index (κ1) is 15.9. The lowest BCUT2D eigenvalue weighted by Gasteiger charge is -2.17. The fraction of sp³-hybridized carbons (Fsp3) is 0.286. The van der Waals surface area contributed by atoms with E-state index in [1.54, 1.807) is 18.4 Å². The highest BCUT2D eigenvalue weighted by Crippen LogP contribution is 2.22. The van der Waals surface area contributed by atoms with Gasteiger partial charge in [-0.25, -0.2) is 9.37 Å². The Labute approximate surface area is 135 Å². The molecule has 112 valence electrons. The van der Waals surface area contributed by atoms with Crippen LogP contribution in [0.3, 0.4) is 0 Å². The van der Waals surface area contributed by atoms with Crippen molar-refractivity contribution in [2.24, 2.45) is 0 Å². The van der Waals surface area contributed by atoms with E-state index in [1.807, 2.05) is 18.4 Å². The number of anilines is 1. The SMILES string of the molecule is CCNc1nccc(C(=O)N(C)Cc2cc(Br)cs2)c1F. The zero-order valence-corrected chi connectivity index (χ0v) is 14.1. The molecule has 0 radical (unpaired) electrons. The second kappa shape index (κ2) is 7.00. The number of nitrogens with one attached hydrogen (secondary N) is 1. The van der Waals surface area contributed by atoms with Crippen LogP contribution in [-0.4, -0.2) is 29.4 Å². The number of halogens is 2. The minimum atomic E-state index is -0.608. The quantitative estimate of drug-likeness (QED) is 0.870. The monoisotopic (exact) mass is 371 g/mol. The molecule has 0 bridgehead atoms. The summed E-state index contributed by atoms with van der Waals surface area (Å²) in [6.07, 6.45) is 1.43. The van der Waals surface area contributed by atoms with E-state index in [4.69, 9.17) is 0 Å². The van der Waals surface area contributed by atoms with Crippen LogP contribution in [0.15, 0.2) is 28.2 Å². The maximum atomic E-state index is 14.2. The summed E-state index contributed by atoms with van der Waals surface area (Å²) >= 11 is 4.92. The lowest BCUT2D eigenvalue weighted by molar-refractivity contribution is 0.0781. The van der Waals surface area contributed by atoms with Crippen LogP contribution in [0.4, 0.5) is 10.2 Å². The standard InChI is InChI=1S/C14H15BrFN3OS/c1-3-17-13-12(16)11(4-5-18-13)14(20)19(2)7-10-6-9(15)8-21-10/h4-6,8H,3,7H2,1-2H3,(H,17,18). The van der Waals surface area contributed by atoms with Crippen LogP contribution in [0.2, 0.25) is 0 Å². The van der Waals surface area contributed by atoms with Gasteiger partial charge in [0.15, 0.2) is 11.6 Å². The molecule has 0 saturated heterocycles. The summed E-state index contributed by atoms with van der Waals surface area (Å²) in [5.41, 5.74) is 0.0269. The van der Waals surface area contributed by atoms with Crippen molar-refractivity contribution in [3.05, 3.63) is 44.4 Å². The van der Waals surface area contributed by atoms with Crippen LogP contribution < -0.4 is 5.32 Å². The van der Waals surface area contributed by atoms with Gasteiger partial charge >= 0.3 is 0 Å². The smallest absolute Gasteiger partial charge is 0.257 e. The van der Waals surface area contributed by atoms with Gasteiger partial charge < -0.3 is 10.2 Å². The average Bonchev–Trinajstić information content (AvgIpc) is 2.86. The van der Waals surface area contributed by atoms with Gasteiger partial charge in [0.2, 0.25) is 0 Å². The van der Waals surface area contributed by atoms with E-state index in [1.165, 1.54) is 17.2 Å². The van der Waals surface area contributed by atoms with Gasteiger partial charge in [0.25, 0.3) is 5.91 Å². The Bertz CT molecular complexity index is 647. The highest BCUT2D eigenvalue weighted by molar-refractivity contribution is 9.10. The van der Waals surface area contributed by atoms with E-state index >= 15 is 0 Å². The fourth-order valence-corrected chi connectivity index (χ4v) is 3.35. The molecular weight excluding hydrogens is 357 g/mol. The third-order valence-corrected chi connectivity index (χ3v) is 4.51. The van der Waals surface area contributed by atoms with Crippen LogP contribution in [0, 0.1) is 5.82 Å². The van der Waals surface area contributed by atoms with Gasteiger partial charge in [0, 0.05) is 34.5 Å². The number of rotatable bonds is 5. The molecular formula is C14H15BrFN3OS. The summed E-state index contributed by atoms with van der Waals surface area (Å²) in [6, 6.07) is 3.35. The predicted octanol–water partition coefficient (Wildman–Crippen LogP) is 3.75. The molecule has 1 amide bonds. The number of nitrogens with zero attached hydrogens (tertiary/aromatic N) is 2. The molecule has 0 aliphatic carbocycles. The number of carbonyl (C=O) groups excluding carboxylic acids is 1. The van der Waals surface area contributed by atoms with Crippen LogP contribution in [0.25, 0.3) is 0 Å². The van der Waals surface area contributed by atoms with Crippen LogP contribution in [0.1, 0.15) is 22.2 Å². The Balaban J connectivity index is 2.17. The number of thiophene rings is 1. The van der Waals surface area contributed by atoms with Gasteiger partial charge in [-0.2, -0.15) is 0 Å². The van der Waals surface area contributed by atoms with E-state index < -0.39 is 5.82 Å². The maximum Gasteiger partial charge on any atom is 0.257 e. The first-order valence-electron chi connectivity index (χ1n) is 6.39. The van der Waals surface area contributed by atoms with Gasteiger partial charge in [-0.1, -0.05) is 0 Å². The van der Waals surface area contributed by atoms with Gasteiger partial charge in [-0.15, -0.1) is 11.3 Å². The van der Waals surface area contributed by atoms with Crippen LogP contribution >= 0.6 is 27.3 Å². The first-order chi connectivity index (χ1) is 10.0. The number of carbonyl (C=O) groups is 1. The predicted molar refractivity (Wildman–Crippen MR) is 86.2 cm³/mol. The number of hydrogen-bond donors (Lipinski definition) is 1. The molecule has 2 heterocycles. The van der Waals surface area contributed by atoms with E-state index in [0.29, 0.717) is 13.1 Å². The molecule has 7 heteroatoms. The molecule has 0 fully saturated rings. The maximum absolute atomic E-state index is 14.2. The van der Waals surface area contributed by atoms with E-state index in [9.17, 15) is 9.18 Å². The zero-order chi connectivity index (χ0) is 15.4. The Morgan fingerprint density at radius 2 is 2.33 bits per heavy atom. The molecule has 4 nitrogen and oxygen atoms in total. The van der Waals surface area contributed by atoms with Crippen molar-refractivity contribution in [2.75, 3.05) is 18.9 Å². The lowest BCUT2D eigenvalue weighted by atomic mass is 10.2. The van der Waals surface area contributed by atoms with E-state index in [-0.39, 0.29) is 17.3 Å². The molecule has 1 N–H and O–H groups in total. The van der Waals surface area contributed by atoms with Crippen LogP contribution in [0.5, 0.6) is 0 Å². The van der Waals surface area contributed by atoms with E-state index in [2.05, 4.69) is 26.2 Å². The third-order valence-electron chi connectivity index (χ3n) is 2.83. The van der Waals surface area contributed by atoms with Crippen molar-refractivity contribution in [3.63, 3.8) is 0 Å². The average molecular weight is 372 g/mol. The minimum Gasteiger partial charge on any atom is -0.368 e. The summed E-state index contributed by atoms with van der Waals surface area (Å²) in [6.45, 7) is 2.82. The molecule has 21 heavy (non-hydrogen) atoms. The van der Waals surface area contributed by atoms with E-state index in [0.717, 1.165) is 9.35 Å². The molecule has 0 spiro atoms. The molecule has 0 aliphatic rings. The molecule has 0 atom stereocenters. The largest absolute Gasteiger partial charge is 0.368 e.